The van der Waals surface area contributed by atoms with Crippen LogP contribution in [0.15, 0.2) is 18.2 Å². The smallest absolute Gasteiger partial charge is 0.326 e. The Labute approximate surface area is 172 Å². The number of hydrogen-bond acceptors (Lipinski definition) is 7. The Bertz CT molecular complexity index is 914. The molecule has 1 aliphatic carbocycles. The van der Waals surface area contributed by atoms with Gasteiger partial charge < -0.3 is 10.1 Å². The van der Waals surface area contributed by atoms with Crippen LogP contribution in [0, 0.1) is 22.0 Å². The number of carbonyl (C=O) groups is 4. The van der Waals surface area contributed by atoms with Gasteiger partial charge in [-0.25, -0.2) is 0 Å². The van der Waals surface area contributed by atoms with Gasteiger partial charge in [-0.1, -0.05) is 32.8 Å². The molecule has 0 saturated heterocycles. The predicted molar refractivity (Wildman–Crippen MR) is 104 cm³/mol. The summed E-state index contributed by atoms with van der Waals surface area (Å²) in [6, 6.07) is 3.70. The zero-order valence-corrected chi connectivity index (χ0v) is 16.8. The van der Waals surface area contributed by atoms with Gasteiger partial charge in [0.05, 0.1) is 10.5 Å². The number of nitro benzene ring substituents is 1. The molecular weight excluding hydrogens is 394 g/mol. The number of nitrogens with zero attached hydrogens (tertiary/aromatic N) is 2. The molecule has 2 aliphatic rings. The minimum absolute atomic E-state index is 0.0109. The number of nitro groups is 1. The van der Waals surface area contributed by atoms with E-state index in [1.54, 1.807) is 0 Å². The molecule has 0 aromatic heterocycles. The van der Waals surface area contributed by atoms with Crippen molar-refractivity contribution in [1.29, 1.82) is 0 Å². The van der Waals surface area contributed by atoms with Crippen molar-refractivity contribution in [2.24, 2.45) is 11.8 Å². The van der Waals surface area contributed by atoms with E-state index < -0.39 is 47.5 Å². The SMILES string of the molecule is CC1CCCC(NC(=O)COC(=O)CN2C(=O)c3cccc([N+](=O)[O-])c3C2=O)C1C. The third-order valence-electron chi connectivity index (χ3n) is 5.88. The summed E-state index contributed by atoms with van der Waals surface area (Å²) in [6.07, 6.45) is 2.99. The summed E-state index contributed by atoms with van der Waals surface area (Å²) in [5.74, 6) is -2.35. The molecule has 3 atom stereocenters. The topological polar surface area (TPSA) is 136 Å². The maximum absolute atomic E-state index is 12.4. The second kappa shape index (κ2) is 8.60. The van der Waals surface area contributed by atoms with E-state index in [4.69, 9.17) is 4.74 Å². The van der Waals surface area contributed by atoms with Gasteiger partial charge in [0.25, 0.3) is 23.4 Å². The number of benzene rings is 1. The van der Waals surface area contributed by atoms with Crippen molar-refractivity contribution in [3.63, 3.8) is 0 Å². The second-order valence-corrected chi connectivity index (χ2v) is 7.76. The number of fused-ring (bicyclic) bond motifs is 1. The van der Waals surface area contributed by atoms with E-state index in [1.165, 1.54) is 12.1 Å². The van der Waals surface area contributed by atoms with Crippen molar-refractivity contribution in [2.45, 2.75) is 39.2 Å². The average molecular weight is 417 g/mol. The van der Waals surface area contributed by atoms with E-state index in [9.17, 15) is 29.3 Å². The first-order chi connectivity index (χ1) is 14.2. The zero-order chi connectivity index (χ0) is 22.0. The number of amides is 3. The molecule has 3 amide bonds. The summed E-state index contributed by atoms with van der Waals surface area (Å²) < 4.78 is 4.91. The molecule has 3 unspecified atom stereocenters. The van der Waals surface area contributed by atoms with Crippen molar-refractivity contribution in [3.8, 4) is 0 Å². The van der Waals surface area contributed by atoms with Crippen LogP contribution in [0.4, 0.5) is 5.69 Å². The maximum atomic E-state index is 12.4. The Morgan fingerprint density at radius 2 is 1.97 bits per heavy atom. The fourth-order valence-electron chi connectivity index (χ4n) is 3.97. The first kappa shape index (κ1) is 21.4. The van der Waals surface area contributed by atoms with Crippen LogP contribution in [-0.2, 0) is 14.3 Å². The van der Waals surface area contributed by atoms with E-state index in [-0.39, 0.29) is 17.2 Å². The Balaban J connectivity index is 1.56. The molecule has 160 valence electrons. The number of nitrogens with one attached hydrogen (secondary N) is 1. The Morgan fingerprint density at radius 3 is 2.67 bits per heavy atom. The normalized spacial score (nSPS) is 23.1. The molecule has 1 fully saturated rings. The van der Waals surface area contributed by atoms with Gasteiger partial charge in [-0.3, -0.25) is 34.2 Å². The molecule has 30 heavy (non-hydrogen) atoms. The first-order valence-corrected chi connectivity index (χ1v) is 9.79. The number of ether oxygens (including phenoxy) is 1. The fourth-order valence-corrected chi connectivity index (χ4v) is 3.97. The van der Waals surface area contributed by atoms with Gasteiger partial charge in [-0.2, -0.15) is 0 Å². The van der Waals surface area contributed by atoms with E-state index in [0.29, 0.717) is 16.7 Å². The molecule has 0 radical (unpaired) electrons. The zero-order valence-electron chi connectivity index (χ0n) is 16.8. The van der Waals surface area contributed by atoms with Gasteiger partial charge >= 0.3 is 5.97 Å². The van der Waals surface area contributed by atoms with E-state index >= 15 is 0 Å². The molecule has 1 aromatic carbocycles. The molecule has 0 spiro atoms. The molecular formula is C20H23N3O7. The molecule has 1 saturated carbocycles. The van der Waals surface area contributed by atoms with Crippen LogP contribution in [0.1, 0.15) is 53.8 Å². The van der Waals surface area contributed by atoms with Gasteiger partial charge in [0, 0.05) is 12.1 Å². The monoisotopic (exact) mass is 417 g/mol. The Hall–Kier alpha value is -3.30. The summed E-state index contributed by atoms with van der Waals surface area (Å²) in [5.41, 5.74) is -0.990. The third-order valence-corrected chi connectivity index (χ3v) is 5.88. The van der Waals surface area contributed by atoms with E-state index in [0.717, 1.165) is 25.3 Å². The van der Waals surface area contributed by atoms with Crippen LogP contribution >= 0.6 is 0 Å². The predicted octanol–water partition coefficient (Wildman–Crippen LogP) is 1.67. The largest absolute Gasteiger partial charge is 0.454 e. The Morgan fingerprint density at radius 1 is 1.23 bits per heavy atom. The fraction of sp³-hybridized carbons (Fsp3) is 0.500. The molecule has 10 nitrogen and oxygen atoms in total. The number of rotatable bonds is 6. The third kappa shape index (κ3) is 4.17. The molecule has 10 heteroatoms. The van der Waals surface area contributed by atoms with E-state index in [2.05, 4.69) is 19.2 Å². The van der Waals surface area contributed by atoms with Crippen LogP contribution in [0.25, 0.3) is 0 Å². The lowest BCUT2D eigenvalue weighted by atomic mass is 9.78. The molecule has 0 bridgehead atoms. The number of imide groups is 1. The van der Waals surface area contributed by atoms with Crippen LogP contribution in [0.3, 0.4) is 0 Å². The first-order valence-electron chi connectivity index (χ1n) is 9.79. The van der Waals surface area contributed by atoms with Gasteiger partial charge in [0.15, 0.2) is 6.61 Å². The lowest BCUT2D eigenvalue weighted by Gasteiger charge is -2.34. The summed E-state index contributed by atoms with van der Waals surface area (Å²) in [5, 5.41) is 14.0. The van der Waals surface area contributed by atoms with Crippen LogP contribution < -0.4 is 5.32 Å². The second-order valence-electron chi connectivity index (χ2n) is 7.76. The van der Waals surface area contributed by atoms with Gasteiger partial charge in [-0.05, 0) is 24.3 Å². The standard InChI is InChI=1S/C20H23N3O7/c1-11-5-3-7-14(12(11)2)21-16(24)10-30-17(25)9-22-19(26)13-6-4-8-15(23(28)29)18(13)20(22)27/h4,6,8,11-12,14H,3,5,7,9-10H2,1-2H3,(H,21,24). The highest BCUT2D eigenvalue weighted by Gasteiger charge is 2.42. The van der Waals surface area contributed by atoms with Crippen molar-refractivity contribution < 1.29 is 28.8 Å². The number of esters is 1. The summed E-state index contributed by atoms with van der Waals surface area (Å²) in [6.45, 7) is 2.95. The van der Waals surface area contributed by atoms with Crippen molar-refractivity contribution in [2.75, 3.05) is 13.2 Å². The molecule has 1 N–H and O–H groups in total. The Kier molecular flexibility index (Phi) is 6.14. The maximum Gasteiger partial charge on any atom is 0.326 e. The summed E-state index contributed by atoms with van der Waals surface area (Å²) >= 11 is 0. The van der Waals surface area contributed by atoms with Crippen molar-refractivity contribution in [3.05, 3.63) is 39.4 Å². The van der Waals surface area contributed by atoms with Crippen LogP contribution in [-0.4, -0.2) is 52.7 Å². The highest BCUT2D eigenvalue weighted by Crippen LogP contribution is 2.31. The summed E-state index contributed by atoms with van der Waals surface area (Å²) in [7, 11) is 0. The molecule has 1 aliphatic heterocycles. The minimum atomic E-state index is -0.952. The van der Waals surface area contributed by atoms with Gasteiger partial charge in [0.1, 0.15) is 12.1 Å². The van der Waals surface area contributed by atoms with Crippen LogP contribution in [0.5, 0.6) is 0 Å². The highest BCUT2D eigenvalue weighted by atomic mass is 16.6. The number of carbonyl (C=O) groups excluding carboxylic acids is 4. The van der Waals surface area contributed by atoms with Gasteiger partial charge in [-0.15, -0.1) is 0 Å². The van der Waals surface area contributed by atoms with Crippen molar-refractivity contribution in [1.82, 2.24) is 10.2 Å². The number of hydrogen-bond donors (Lipinski definition) is 1. The average Bonchev–Trinajstić information content (AvgIpc) is 2.95. The molecule has 1 aromatic rings. The van der Waals surface area contributed by atoms with Gasteiger partial charge in [0.2, 0.25) is 0 Å². The van der Waals surface area contributed by atoms with Crippen LogP contribution in [0.2, 0.25) is 0 Å². The highest BCUT2D eigenvalue weighted by molar-refractivity contribution is 6.24. The lowest BCUT2D eigenvalue weighted by Crippen LogP contribution is -2.45. The quantitative estimate of drug-likeness (QED) is 0.322. The molecule has 1 heterocycles. The lowest BCUT2D eigenvalue weighted by molar-refractivity contribution is -0.385. The van der Waals surface area contributed by atoms with E-state index in [1.807, 2.05) is 0 Å². The molecule has 3 rings (SSSR count). The minimum Gasteiger partial charge on any atom is -0.454 e. The summed E-state index contributed by atoms with van der Waals surface area (Å²) in [4.78, 5) is 60.0. The van der Waals surface area contributed by atoms with Crippen molar-refractivity contribution >= 4 is 29.4 Å².